The van der Waals surface area contributed by atoms with Gasteiger partial charge in [-0.2, -0.15) is 0 Å². The standard InChI is InChI=1S/C19H21N3O3/c1-25-15-6-4-5-14(11-15)19(24)21-16-12-13(18(20)23)7-8-17(16)22-9-2-3-10-22/h4-8,11-12H,2-3,9-10H2,1H3,(H2,20,23)(H,21,24). The molecule has 1 fully saturated rings. The van der Waals surface area contributed by atoms with E-state index in [4.69, 9.17) is 10.5 Å². The summed E-state index contributed by atoms with van der Waals surface area (Å²) >= 11 is 0. The molecule has 2 aromatic rings. The molecule has 0 spiro atoms. The van der Waals surface area contributed by atoms with Crippen molar-refractivity contribution in [2.24, 2.45) is 5.73 Å². The quantitative estimate of drug-likeness (QED) is 0.877. The Morgan fingerprint density at radius 1 is 1.08 bits per heavy atom. The lowest BCUT2D eigenvalue weighted by atomic mass is 10.1. The molecule has 0 radical (unpaired) electrons. The number of ether oxygens (including phenoxy) is 1. The Kier molecular flexibility index (Phi) is 4.88. The van der Waals surface area contributed by atoms with E-state index in [0.717, 1.165) is 31.6 Å². The first-order chi connectivity index (χ1) is 12.1. The van der Waals surface area contributed by atoms with Crippen LogP contribution < -0.4 is 20.7 Å². The zero-order chi connectivity index (χ0) is 17.8. The van der Waals surface area contributed by atoms with E-state index >= 15 is 0 Å². The number of nitrogens with zero attached hydrogens (tertiary/aromatic N) is 1. The number of nitrogens with one attached hydrogen (secondary N) is 1. The number of anilines is 2. The number of benzene rings is 2. The lowest BCUT2D eigenvalue weighted by Crippen LogP contribution is -2.22. The second-order valence-corrected chi connectivity index (χ2v) is 5.98. The molecule has 6 heteroatoms. The predicted molar refractivity (Wildman–Crippen MR) is 97.4 cm³/mol. The van der Waals surface area contributed by atoms with Gasteiger partial charge < -0.3 is 20.7 Å². The lowest BCUT2D eigenvalue weighted by molar-refractivity contribution is 0.0996. The van der Waals surface area contributed by atoms with Gasteiger partial charge in [0.15, 0.2) is 0 Å². The highest BCUT2D eigenvalue weighted by Gasteiger charge is 2.19. The van der Waals surface area contributed by atoms with E-state index in [2.05, 4.69) is 10.2 Å². The molecule has 130 valence electrons. The molecule has 1 aliphatic heterocycles. The molecular weight excluding hydrogens is 318 g/mol. The van der Waals surface area contributed by atoms with Crippen LogP contribution in [0.15, 0.2) is 42.5 Å². The Bertz CT molecular complexity index is 798. The van der Waals surface area contributed by atoms with Gasteiger partial charge in [0, 0.05) is 24.2 Å². The maximum atomic E-state index is 12.6. The van der Waals surface area contributed by atoms with Crippen molar-refractivity contribution in [1.29, 1.82) is 0 Å². The van der Waals surface area contributed by atoms with Crippen molar-refractivity contribution >= 4 is 23.2 Å². The summed E-state index contributed by atoms with van der Waals surface area (Å²) in [5.74, 6) is -0.177. The highest BCUT2D eigenvalue weighted by Crippen LogP contribution is 2.30. The van der Waals surface area contributed by atoms with E-state index < -0.39 is 5.91 Å². The van der Waals surface area contributed by atoms with Crippen molar-refractivity contribution in [3.8, 4) is 5.75 Å². The minimum atomic E-state index is -0.523. The van der Waals surface area contributed by atoms with Gasteiger partial charge in [-0.15, -0.1) is 0 Å². The fraction of sp³-hybridized carbons (Fsp3) is 0.263. The summed E-state index contributed by atoms with van der Waals surface area (Å²) in [4.78, 5) is 26.3. The molecule has 3 N–H and O–H groups in total. The second-order valence-electron chi connectivity index (χ2n) is 5.98. The lowest BCUT2D eigenvalue weighted by Gasteiger charge is -2.22. The van der Waals surface area contributed by atoms with E-state index in [0.29, 0.717) is 22.6 Å². The van der Waals surface area contributed by atoms with Crippen LogP contribution in [-0.4, -0.2) is 32.0 Å². The third kappa shape index (κ3) is 3.74. The zero-order valence-corrected chi connectivity index (χ0v) is 14.1. The van der Waals surface area contributed by atoms with Crippen LogP contribution in [-0.2, 0) is 0 Å². The molecule has 0 aromatic heterocycles. The summed E-state index contributed by atoms with van der Waals surface area (Å²) in [7, 11) is 1.55. The summed E-state index contributed by atoms with van der Waals surface area (Å²) in [5, 5.41) is 2.91. The first kappa shape index (κ1) is 16.8. The molecule has 0 bridgehead atoms. The van der Waals surface area contributed by atoms with E-state index in [1.807, 2.05) is 6.07 Å². The van der Waals surface area contributed by atoms with E-state index in [1.54, 1.807) is 43.5 Å². The minimum absolute atomic E-state index is 0.263. The number of rotatable bonds is 5. The van der Waals surface area contributed by atoms with E-state index in [-0.39, 0.29) is 5.91 Å². The first-order valence-corrected chi connectivity index (χ1v) is 8.22. The van der Waals surface area contributed by atoms with Crippen LogP contribution in [0.2, 0.25) is 0 Å². The number of carbonyl (C=O) groups is 2. The molecule has 1 saturated heterocycles. The number of hydrogen-bond acceptors (Lipinski definition) is 4. The molecule has 0 saturated carbocycles. The third-order valence-electron chi connectivity index (χ3n) is 4.31. The van der Waals surface area contributed by atoms with Crippen LogP contribution in [0.5, 0.6) is 5.75 Å². The summed E-state index contributed by atoms with van der Waals surface area (Å²) in [6.45, 7) is 1.86. The van der Waals surface area contributed by atoms with E-state index in [9.17, 15) is 9.59 Å². The fourth-order valence-electron chi connectivity index (χ4n) is 2.98. The number of primary amides is 1. The van der Waals surface area contributed by atoms with Gasteiger partial charge in [-0.05, 0) is 49.2 Å². The Labute approximate surface area is 146 Å². The van der Waals surface area contributed by atoms with E-state index in [1.165, 1.54) is 0 Å². The van der Waals surface area contributed by atoms with Crippen molar-refractivity contribution in [1.82, 2.24) is 0 Å². The van der Waals surface area contributed by atoms with Gasteiger partial charge in [-0.1, -0.05) is 6.07 Å². The van der Waals surface area contributed by atoms with Crippen molar-refractivity contribution in [3.05, 3.63) is 53.6 Å². The molecule has 0 atom stereocenters. The number of amides is 2. The van der Waals surface area contributed by atoms with Crippen molar-refractivity contribution in [3.63, 3.8) is 0 Å². The van der Waals surface area contributed by atoms with Crippen LogP contribution in [0.4, 0.5) is 11.4 Å². The Balaban J connectivity index is 1.91. The molecule has 6 nitrogen and oxygen atoms in total. The van der Waals surface area contributed by atoms with Gasteiger partial charge in [0.05, 0.1) is 18.5 Å². The van der Waals surface area contributed by atoms with Crippen LogP contribution in [0.1, 0.15) is 33.6 Å². The molecule has 3 rings (SSSR count). The van der Waals surface area contributed by atoms with Crippen molar-refractivity contribution in [2.45, 2.75) is 12.8 Å². The normalized spacial score (nSPS) is 13.6. The van der Waals surface area contributed by atoms with Crippen LogP contribution in [0.3, 0.4) is 0 Å². The average molecular weight is 339 g/mol. The average Bonchev–Trinajstić information content (AvgIpc) is 3.16. The monoisotopic (exact) mass is 339 g/mol. The SMILES string of the molecule is COc1cccc(C(=O)Nc2cc(C(N)=O)ccc2N2CCCC2)c1. The van der Waals surface area contributed by atoms with Gasteiger partial charge in [-0.3, -0.25) is 9.59 Å². The summed E-state index contributed by atoms with van der Waals surface area (Å²) in [5.41, 5.74) is 7.72. The molecular formula is C19H21N3O3. The maximum Gasteiger partial charge on any atom is 0.255 e. The highest BCUT2D eigenvalue weighted by atomic mass is 16.5. The molecule has 1 aliphatic rings. The molecule has 0 unspecified atom stereocenters. The molecule has 2 aromatic carbocycles. The minimum Gasteiger partial charge on any atom is -0.497 e. The summed E-state index contributed by atoms with van der Waals surface area (Å²) in [6.07, 6.45) is 2.22. The van der Waals surface area contributed by atoms with Crippen LogP contribution in [0, 0.1) is 0 Å². The zero-order valence-electron chi connectivity index (χ0n) is 14.1. The number of hydrogen-bond donors (Lipinski definition) is 2. The van der Waals surface area contributed by atoms with Gasteiger partial charge in [0.25, 0.3) is 5.91 Å². The second kappa shape index (κ2) is 7.25. The Hall–Kier alpha value is -3.02. The summed E-state index contributed by atoms with van der Waals surface area (Å²) in [6, 6.07) is 12.1. The van der Waals surface area contributed by atoms with Gasteiger partial charge in [0.2, 0.25) is 5.91 Å². The van der Waals surface area contributed by atoms with Crippen LogP contribution >= 0.6 is 0 Å². The first-order valence-electron chi connectivity index (χ1n) is 8.22. The van der Waals surface area contributed by atoms with Gasteiger partial charge >= 0.3 is 0 Å². The topological polar surface area (TPSA) is 84.7 Å². The summed E-state index contributed by atoms with van der Waals surface area (Å²) < 4.78 is 5.16. The van der Waals surface area contributed by atoms with Gasteiger partial charge in [0.1, 0.15) is 5.75 Å². The molecule has 1 heterocycles. The smallest absolute Gasteiger partial charge is 0.255 e. The molecule has 25 heavy (non-hydrogen) atoms. The maximum absolute atomic E-state index is 12.6. The number of methoxy groups -OCH3 is 1. The Morgan fingerprint density at radius 2 is 1.84 bits per heavy atom. The number of carbonyl (C=O) groups excluding carboxylic acids is 2. The highest BCUT2D eigenvalue weighted by molar-refractivity contribution is 6.07. The fourth-order valence-corrected chi connectivity index (χ4v) is 2.98. The van der Waals surface area contributed by atoms with Crippen molar-refractivity contribution in [2.75, 3.05) is 30.4 Å². The van der Waals surface area contributed by atoms with Crippen LogP contribution in [0.25, 0.3) is 0 Å². The molecule has 2 amide bonds. The number of nitrogens with two attached hydrogens (primary N) is 1. The Morgan fingerprint density at radius 3 is 2.52 bits per heavy atom. The third-order valence-corrected chi connectivity index (χ3v) is 4.31. The largest absolute Gasteiger partial charge is 0.497 e. The molecule has 0 aliphatic carbocycles. The van der Waals surface area contributed by atoms with Gasteiger partial charge in [-0.25, -0.2) is 0 Å². The van der Waals surface area contributed by atoms with Crippen molar-refractivity contribution < 1.29 is 14.3 Å². The predicted octanol–water partition coefficient (Wildman–Crippen LogP) is 2.65.